The molecule has 12 nitrogen and oxygen atoms in total. The van der Waals surface area contributed by atoms with Crippen LogP contribution >= 0.6 is 0 Å². The van der Waals surface area contributed by atoms with E-state index in [4.69, 9.17) is 14.2 Å². The fourth-order valence-electron chi connectivity index (χ4n) is 5.80. The predicted molar refractivity (Wildman–Crippen MR) is 159 cm³/mol. The second-order valence-electron chi connectivity index (χ2n) is 14.6. The van der Waals surface area contributed by atoms with Gasteiger partial charge in [-0.3, -0.25) is 0 Å². The summed E-state index contributed by atoms with van der Waals surface area (Å²) in [5.41, 5.74) is -4.59. The molecule has 3 saturated heterocycles. The molecular formula is C30H48BN3NaO9. The Morgan fingerprint density at radius 1 is 0.500 bits per heavy atom. The summed E-state index contributed by atoms with van der Waals surface area (Å²) in [6, 6.07) is -3.17. The zero-order valence-electron chi connectivity index (χ0n) is 28.2. The van der Waals surface area contributed by atoms with Crippen molar-refractivity contribution >= 4 is 42.0 Å². The van der Waals surface area contributed by atoms with Crippen molar-refractivity contribution in [3.8, 4) is 0 Å². The Balaban J connectivity index is 0.00000675. The van der Waals surface area contributed by atoms with Crippen LogP contribution in [-0.4, -0.2) is 111 Å². The first kappa shape index (κ1) is 38.1. The van der Waals surface area contributed by atoms with Crippen molar-refractivity contribution in [2.45, 2.75) is 136 Å². The van der Waals surface area contributed by atoms with Crippen LogP contribution in [0.15, 0.2) is 0 Å². The molecule has 0 N–H and O–H groups in total. The summed E-state index contributed by atoms with van der Waals surface area (Å²) in [6.07, 6.45) is 0.156. The first-order valence-corrected chi connectivity index (χ1v) is 15.3. The first-order valence-electron chi connectivity index (χ1n) is 15.3. The minimum Gasteiger partial charge on any atom is -0.444 e. The average molecular weight is 629 g/mol. The largest absolute Gasteiger partial charge is 1.00 e. The van der Waals surface area contributed by atoms with Crippen LogP contribution in [0.1, 0.15) is 101 Å². The zero-order valence-corrected chi connectivity index (χ0v) is 30.2. The standard InChI is InChI=1S/C30H48BN3O9.Na/c1-28(2,3)41-25(38)32-16-10-13-19(32)22(35)31(23(36)20-14-11-17-33(20)26(39)42-29(4,5)6)24(37)21-15-12-18-34(21)27(40)43-30(7,8)9;/h19-21H,10-18H2,1-9H3;/q-1;+1/t19-,20-,21-;/m0./s1. The van der Waals surface area contributed by atoms with E-state index in [1.807, 2.05) is 0 Å². The number of likely N-dealkylation sites (tertiary alicyclic amines) is 3. The van der Waals surface area contributed by atoms with Crippen LogP contribution in [-0.2, 0) is 28.6 Å². The number of rotatable bonds is 6. The maximum Gasteiger partial charge on any atom is 1.00 e. The van der Waals surface area contributed by atoms with Crippen molar-refractivity contribution in [2.75, 3.05) is 19.6 Å². The minimum absolute atomic E-state index is 0. The van der Waals surface area contributed by atoms with E-state index in [-0.39, 0.29) is 68.5 Å². The van der Waals surface area contributed by atoms with Crippen LogP contribution in [0.25, 0.3) is 0 Å². The van der Waals surface area contributed by atoms with Crippen molar-refractivity contribution < 1.29 is 72.5 Å². The molecule has 241 valence electrons. The van der Waals surface area contributed by atoms with Crippen LogP contribution in [0.5, 0.6) is 0 Å². The smallest absolute Gasteiger partial charge is 0.444 e. The fourth-order valence-corrected chi connectivity index (χ4v) is 5.80. The second kappa shape index (κ2) is 14.5. The maximum atomic E-state index is 14.3. The van der Waals surface area contributed by atoms with E-state index in [2.05, 4.69) is 0 Å². The van der Waals surface area contributed by atoms with E-state index < -0.39 is 77.0 Å². The number of ether oxygens (including phenoxy) is 3. The van der Waals surface area contributed by atoms with Gasteiger partial charge in [0.15, 0.2) is 0 Å². The second-order valence-corrected chi connectivity index (χ2v) is 14.6. The Morgan fingerprint density at radius 2 is 0.727 bits per heavy atom. The van der Waals surface area contributed by atoms with E-state index in [9.17, 15) is 28.8 Å². The van der Waals surface area contributed by atoms with Crippen molar-refractivity contribution in [1.82, 2.24) is 14.7 Å². The Morgan fingerprint density at radius 3 is 0.932 bits per heavy atom. The summed E-state index contributed by atoms with van der Waals surface area (Å²) in [7, 11) is 0. The van der Waals surface area contributed by atoms with Gasteiger partial charge < -0.3 is 43.3 Å². The predicted octanol–water partition coefficient (Wildman–Crippen LogP) is 1.01. The summed E-state index contributed by atoms with van der Waals surface area (Å²) in [5, 5.41) is 0. The topological polar surface area (TPSA) is 140 Å². The molecule has 0 unspecified atom stereocenters. The monoisotopic (exact) mass is 628 g/mol. The summed E-state index contributed by atoms with van der Waals surface area (Å²) in [6.45, 7) is 14.3. The van der Waals surface area contributed by atoms with E-state index in [0.29, 0.717) is 19.3 Å². The van der Waals surface area contributed by atoms with Gasteiger partial charge in [-0.25, -0.2) is 14.4 Å². The first-order chi connectivity index (χ1) is 19.7. The van der Waals surface area contributed by atoms with Gasteiger partial charge in [0.25, 0.3) is 0 Å². The van der Waals surface area contributed by atoms with Gasteiger partial charge in [-0.1, -0.05) is 0 Å². The Hall–Kier alpha value is -2.12. The third-order valence-corrected chi connectivity index (χ3v) is 7.48. The Kier molecular flexibility index (Phi) is 12.6. The molecule has 0 bridgehead atoms. The Bertz CT molecular complexity index is 990. The van der Waals surface area contributed by atoms with E-state index in [1.54, 1.807) is 62.3 Å². The number of nitrogens with zero attached hydrogens (tertiary/aromatic N) is 3. The molecule has 3 heterocycles. The van der Waals surface area contributed by atoms with Gasteiger partial charge in [0.2, 0.25) is 0 Å². The van der Waals surface area contributed by atoms with Crippen molar-refractivity contribution in [3.63, 3.8) is 0 Å². The van der Waals surface area contributed by atoms with Gasteiger partial charge in [-0.15, -0.1) is 0 Å². The van der Waals surface area contributed by atoms with E-state index in [0.717, 1.165) is 0 Å². The van der Waals surface area contributed by atoms with E-state index in [1.165, 1.54) is 14.7 Å². The summed E-state index contributed by atoms with van der Waals surface area (Å²) >= 11 is 0. The number of hydrogen-bond donors (Lipinski definition) is 0. The fraction of sp³-hybridized carbons (Fsp3) is 0.800. The zero-order chi connectivity index (χ0) is 32.5. The molecule has 0 saturated carbocycles. The van der Waals surface area contributed by atoms with Crippen LogP contribution < -0.4 is 29.6 Å². The summed E-state index contributed by atoms with van der Waals surface area (Å²) < 4.78 is 16.6. The molecule has 0 spiro atoms. The summed E-state index contributed by atoms with van der Waals surface area (Å²) in [4.78, 5) is 85.8. The van der Waals surface area contributed by atoms with Gasteiger partial charge in [-0.05, 0) is 118 Å². The minimum atomic E-state index is -1.78. The number of carbonyl (C=O) groups excluding carboxylic acids is 6. The van der Waals surface area contributed by atoms with Crippen LogP contribution in [0.3, 0.4) is 0 Å². The van der Waals surface area contributed by atoms with Gasteiger partial charge in [0.05, 0.1) is 18.1 Å². The molecule has 44 heavy (non-hydrogen) atoms. The van der Waals surface area contributed by atoms with Crippen molar-refractivity contribution in [1.29, 1.82) is 0 Å². The molecule has 3 amide bonds. The number of hydrogen-bond acceptors (Lipinski definition) is 9. The normalized spacial score (nSPS) is 22.5. The van der Waals surface area contributed by atoms with Crippen LogP contribution in [0.2, 0.25) is 0 Å². The van der Waals surface area contributed by atoms with Crippen LogP contribution in [0, 0.1) is 0 Å². The van der Waals surface area contributed by atoms with E-state index >= 15 is 0 Å². The molecular weight excluding hydrogens is 580 g/mol. The molecule has 0 aromatic heterocycles. The maximum absolute atomic E-state index is 14.3. The van der Waals surface area contributed by atoms with Crippen molar-refractivity contribution in [3.05, 3.63) is 0 Å². The molecule has 3 aliphatic rings. The van der Waals surface area contributed by atoms with Crippen molar-refractivity contribution in [2.24, 2.45) is 0 Å². The molecule has 3 atom stereocenters. The van der Waals surface area contributed by atoms with Gasteiger partial charge >= 0.3 is 47.8 Å². The average Bonchev–Trinajstić information content (AvgIpc) is 3.61. The van der Waals surface area contributed by atoms with Gasteiger partial charge in [-0.2, -0.15) is 0 Å². The molecule has 14 heteroatoms. The quantitative estimate of drug-likeness (QED) is 0.312. The molecule has 0 aromatic rings. The number of amides is 3. The SMILES string of the molecule is CC(C)(C)OC(=O)N1CCC[C@H]1C(=O)[B-](C(=O)[C@@H]1CCCN1C(=O)OC(C)(C)C)C(=O)[C@@H]1CCCN1C(=O)OC(C)(C)C.[Na+]. The van der Waals surface area contributed by atoms with Crippen LogP contribution in [0.4, 0.5) is 14.4 Å². The molecule has 0 aromatic carbocycles. The third kappa shape index (κ3) is 9.69. The molecule has 3 rings (SSSR count). The molecule has 3 aliphatic heterocycles. The van der Waals surface area contributed by atoms with Gasteiger partial charge in [0.1, 0.15) is 23.5 Å². The Labute approximate surface area is 283 Å². The number of carbonyl (C=O) groups is 6. The molecule has 0 aliphatic carbocycles. The molecule has 1 radical (unpaired) electrons. The third-order valence-electron chi connectivity index (χ3n) is 7.48. The molecule has 3 fully saturated rings. The van der Waals surface area contributed by atoms with Gasteiger partial charge in [0, 0.05) is 19.6 Å². The summed E-state index contributed by atoms with van der Waals surface area (Å²) in [5.74, 6) is 0.